The molecule has 0 aromatic heterocycles. The molecule has 1 aromatic carbocycles. The van der Waals surface area contributed by atoms with E-state index in [0.29, 0.717) is 12.1 Å². The lowest BCUT2D eigenvalue weighted by molar-refractivity contribution is 0.307. The van der Waals surface area contributed by atoms with Crippen LogP contribution in [0.1, 0.15) is 18.1 Å². The maximum absolute atomic E-state index is 8.60. The predicted octanol–water partition coefficient (Wildman–Crippen LogP) is 1.36. The summed E-state index contributed by atoms with van der Waals surface area (Å²) in [4.78, 5) is 4.15. The Hall–Kier alpha value is -1.66. The molecule has 1 rings (SSSR count). The Balaban J connectivity index is 2.82. The molecule has 1 aromatic rings. The van der Waals surface area contributed by atoms with Gasteiger partial charge in [0.05, 0.1) is 24.8 Å². The van der Waals surface area contributed by atoms with Crippen LogP contribution in [-0.4, -0.2) is 24.0 Å². The molecular formula is C11H12N2O. The molecule has 72 valence electrons. The van der Waals surface area contributed by atoms with Gasteiger partial charge in [0.15, 0.2) is 0 Å². The highest BCUT2D eigenvalue weighted by molar-refractivity contribution is 5.98. The van der Waals surface area contributed by atoms with Crippen molar-refractivity contribution in [2.24, 2.45) is 4.99 Å². The summed E-state index contributed by atoms with van der Waals surface area (Å²) in [6.45, 7) is 2.37. The highest BCUT2D eigenvalue weighted by Gasteiger charge is 1.96. The number of hydrogen-bond donors (Lipinski definition) is 1. The van der Waals surface area contributed by atoms with E-state index in [4.69, 9.17) is 10.4 Å². The van der Waals surface area contributed by atoms with Gasteiger partial charge in [0, 0.05) is 5.71 Å². The molecule has 0 bridgehead atoms. The number of aliphatic hydroxyl groups excluding tert-OH is 1. The molecule has 1 N–H and O–H groups in total. The average molecular weight is 188 g/mol. The van der Waals surface area contributed by atoms with Crippen molar-refractivity contribution in [3.63, 3.8) is 0 Å². The van der Waals surface area contributed by atoms with Gasteiger partial charge in [-0.1, -0.05) is 12.1 Å². The van der Waals surface area contributed by atoms with Gasteiger partial charge in [-0.05, 0) is 24.6 Å². The maximum atomic E-state index is 8.60. The van der Waals surface area contributed by atoms with Gasteiger partial charge in [-0.3, -0.25) is 4.99 Å². The van der Waals surface area contributed by atoms with Crippen LogP contribution in [0.4, 0.5) is 0 Å². The standard InChI is InChI=1S/C11H12N2O/c1-9(13-6-7-14)11-4-2-10(8-12)3-5-11/h2-5,14H,6-7H2,1H3. The third-order valence-corrected chi connectivity index (χ3v) is 1.88. The van der Waals surface area contributed by atoms with Crippen LogP contribution in [0, 0.1) is 11.3 Å². The van der Waals surface area contributed by atoms with Crippen LogP contribution in [0.25, 0.3) is 0 Å². The molecule has 0 aliphatic rings. The number of rotatable bonds is 3. The normalized spacial score (nSPS) is 11.1. The first-order valence-electron chi connectivity index (χ1n) is 4.40. The number of nitriles is 1. The van der Waals surface area contributed by atoms with Crippen LogP contribution < -0.4 is 0 Å². The van der Waals surface area contributed by atoms with Crippen LogP contribution in [-0.2, 0) is 0 Å². The third-order valence-electron chi connectivity index (χ3n) is 1.88. The second-order valence-electron chi connectivity index (χ2n) is 2.88. The zero-order chi connectivity index (χ0) is 10.4. The van der Waals surface area contributed by atoms with Crippen LogP contribution in [0.3, 0.4) is 0 Å². The van der Waals surface area contributed by atoms with E-state index in [2.05, 4.69) is 11.1 Å². The van der Waals surface area contributed by atoms with Gasteiger partial charge in [-0.2, -0.15) is 5.26 Å². The Kier molecular flexibility index (Phi) is 3.84. The summed E-state index contributed by atoms with van der Waals surface area (Å²) >= 11 is 0. The van der Waals surface area contributed by atoms with Gasteiger partial charge in [-0.25, -0.2) is 0 Å². The van der Waals surface area contributed by atoms with E-state index in [0.717, 1.165) is 11.3 Å². The molecule has 14 heavy (non-hydrogen) atoms. The van der Waals surface area contributed by atoms with E-state index in [1.54, 1.807) is 12.1 Å². The maximum Gasteiger partial charge on any atom is 0.0991 e. The topological polar surface area (TPSA) is 56.4 Å². The Morgan fingerprint density at radius 3 is 2.57 bits per heavy atom. The van der Waals surface area contributed by atoms with E-state index in [1.165, 1.54) is 0 Å². The number of aliphatic imine (C=N–C) groups is 1. The number of hydrogen-bond acceptors (Lipinski definition) is 3. The van der Waals surface area contributed by atoms with E-state index in [1.807, 2.05) is 19.1 Å². The quantitative estimate of drug-likeness (QED) is 0.728. The van der Waals surface area contributed by atoms with Crippen molar-refractivity contribution >= 4 is 5.71 Å². The van der Waals surface area contributed by atoms with E-state index < -0.39 is 0 Å². The Bertz CT molecular complexity index is 360. The molecule has 0 aliphatic heterocycles. The lowest BCUT2D eigenvalue weighted by Gasteiger charge is -1.99. The monoisotopic (exact) mass is 188 g/mol. The molecular weight excluding hydrogens is 176 g/mol. The molecule has 0 unspecified atom stereocenters. The predicted molar refractivity (Wildman–Crippen MR) is 55.3 cm³/mol. The third kappa shape index (κ3) is 2.68. The molecule has 0 amide bonds. The lowest BCUT2D eigenvalue weighted by Crippen LogP contribution is -1.98. The van der Waals surface area contributed by atoms with Gasteiger partial charge < -0.3 is 5.11 Å². The fourth-order valence-electron chi connectivity index (χ4n) is 1.09. The highest BCUT2D eigenvalue weighted by atomic mass is 16.3. The van der Waals surface area contributed by atoms with Crippen molar-refractivity contribution in [3.8, 4) is 6.07 Å². The molecule has 0 atom stereocenters. The summed E-state index contributed by atoms with van der Waals surface area (Å²) in [5.74, 6) is 0. The zero-order valence-electron chi connectivity index (χ0n) is 8.07. The van der Waals surface area contributed by atoms with Gasteiger partial charge in [0.1, 0.15) is 0 Å². The zero-order valence-corrected chi connectivity index (χ0v) is 8.07. The second kappa shape index (κ2) is 5.15. The number of benzene rings is 1. The van der Waals surface area contributed by atoms with E-state index in [9.17, 15) is 0 Å². The smallest absolute Gasteiger partial charge is 0.0991 e. The van der Waals surface area contributed by atoms with Crippen molar-refractivity contribution in [2.45, 2.75) is 6.92 Å². The summed E-state index contributed by atoms with van der Waals surface area (Å²) in [6, 6.07) is 9.28. The van der Waals surface area contributed by atoms with Gasteiger partial charge in [0.2, 0.25) is 0 Å². The summed E-state index contributed by atoms with van der Waals surface area (Å²) < 4.78 is 0. The van der Waals surface area contributed by atoms with Crippen molar-refractivity contribution in [1.29, 1.82) is 5.26 Å². The minimum Gasteiger partial charge on any atom is -0.394 e. The van der Waals surface area contributed by atoms with Crippen molar-refractivity contribution < 1.29 is 5.11 Å². The lowest BCUT2D eigenvalue weighted by atomic mass is 10.1. The summed E-state index contributed by atoms with van der Waals surface area (Å²) in [6.07, 6.45) is 0. The Labute approximate surface area is 83.3 Å². The molecule has 0 aliphatic carbocycles. The van der Waals surface area contributed by atoms with Crippen LogP contribution >= 0.6 is 0 Å². The summed E-state index contributed by atoms with van der Waals surface area (Å²) in [7, 11) is 0. The highest BCUT2D eigenvalue weighted by Crippen LogP contribution is 2.04. The van der Waals surface area contributed by atoms with E-state index in [-0.39, 0.29) is 6.61 Å². The van der Waals surface area contributed by atoms with Gasteiger partial charge >= 0.3 is 0 Å². The summed E-state index contributed by atoms with van der Waals surface area (Å²) in [5.41, 5.74) is 2.50. The number of aliphatic hydroxyl groups is 1. The first-order valence-corrected chi connectivity index (χ1v) is 4.40. The summed E-state index contributed by atoms with van der Waals surface area (Å²) in [5, 5.41) is 17.2. The molecule has 3 heteroatoms. The molecule has 0 spiro atoms. The Morgan fingerprint density at radius 2 is 2.07 bits per heavy atom. The molecule has 3 nitrogen and oxygen atoms in total. The molecule has 0 heterocycles. The largest absolute Gasteiger partial charge is 0.394 e. The fraction of sp³-hybridized carbons (Fsp3) is 0.273. The van der Waals surface area contributed by atoms with Crippen molar-refractivity contribution in [2.75, 3.05) is 13.2 Å². The molecule has 0 saturated heterocycles. The fourth-order valence-corrected chi connectivity index (χ4v) is 1.09. The second-order valence-corrected chi connectivity index (χ2v) is 2.88. The van der Waals surface area contributed by atoms with Crippen LogP contribution in [0.5, 0.6) is 0 Å². The van der Waals surface area contributed by atoms with Crippen LogP contribution in [0.2, 0.25) is 0 Å². The Morgan fingerprint density at radius 1 is 1.43 bits per heavy atom. The van der Waals surface area contributed by atoms with Gasteiger partial charge in [0.25, 0.3) is 0 Å². The molecule has 0 saturated carbocycles. The number of nitrogens with zero attached hydrogens (tertiary/aromatic N) is 2. The minimum atomic E-state index is 0.0631. The SMILES string of the molecule is CC(=NCCO)c1ccc(C#N)cc1. The van der Waals surface area contributed by atoms with E-state index >= 15 is 0 Å². The van der Waals surface area contributed by atoms with Crippen molar-refractivity contribution in [1.82, 2.24) is 0 Å². The first-order chi connectivity index (χ1) is 6.77. The van der Waals surface area contributed by atoms with Gasteiger partial charge in [-0.15, -0.1) is 0 Å². The van der Waals surface area contributed by atoms with Crippen LogP contribution in [0.15, 0.2) is 29.3 Å². The molecule has 0 radical (unpaired) electrons. The molecule has 0 fully saturated rings. The minimum absolute atomic E-state index is 0.0631. The first kappa shape index (κ1) is 10.4. The average Bonchev–Trinajstić information content (AvgIpc) is 2.26. The van der Waals surface area contributed by atoms with Crippen molar-refractivity contribution in [3.05, 3.63) is 35.4 Å².